The summed E-state index contributed by atoms with van der Waals surface area (Å²) in [4.78, 5) is 2.41. The molecule has 90 valence electrons. The predicted molar refractivity (Wildman–Crippen MR) is 66.9 cm³/mol. The maximum Gasteiger partial charge on any atom is 0.0196 e. The number of rotatable bonds is 6. The van der Waals surface area contributed by atoms with Crippen molar-refractivity contribution in [1.82, 2.24) is 4.90 Å². The molecule has 0 heterocycles. The summed E-state index contributed by atoms with van der Waals surface area (Å²) in [6.45, 7) is 6.85. The van der Waals surface area contributed by atoms with E-state index in [0.29, 0.717) is 6.04 Å². The minimum Gasteiger partial charge on any atom is -0.326 e. The zero-order chi connectivity index (χ0) is 11.3. The first-order valence-corrected chi connectivity index (χ1v) is 6.57. The molecule has 0 amide bonds. The summed E-state index contributed by atoms with van der Waals surface area (Å²) < 4.78 is 0. The Hall–Kier alpha value is -0.0800. The molecule has 2 N–H and O–H groups in total. The first kappa shape index (κ1) is 13.0. The SMILES string of the molecule is CCC(C)CN(C)CC(N)C1CCCC1. The van der Waals surface area contributed by atoms with E-state index in [9.17, 15) is 0 Å². The van der Waals surface area contributed by atoms with Crippen LogP contribution in [0.4, 0.5) is 0 Å². The highest BCUT2D eigenvalue weighted by Gasteiger charge is 2.22. The maximum absolute atomic E-state index is 6.26. The second-order valence-corrected chi connectivity index (χ2v) is 5.44. The van der Waals surface area contributed by atoms with Crippen molar-refractivity contribution in [1.29, 1.82) is 0 Å². The Kier molecular flexibility index (Phi) is 5.62. The van der Waals surface area contributed by atoms with Crippen LogP contribution in [0.1, 0.15) is 46.0 Å². The van der Waals surface area contributed by atoms with Gasteiger partial charge in [-0.05, 0) is 31.7 Å². The predicted octanol–water partition coefficient (Wildman–Crippen LogP) is 2.48. The highest BCUT2D eigenvalue weighted by Crippen LogP contribution is 2.27. The third-order valence-corrected chi connectivity index (χ3v) is 3.85. The third-order valence-electron chi connectivity index (χ3n) is 3.85. The molecule has 1 saturated carbocycles. The molecule has 15 heavy (non-hydrogen) atoms. The molecular weight excluding hydrogens is 184 g/mol. The van der Waals surface area contributed by atoms with Gasteiger partial charge in [0.15, 0.2) is 0 Å². The van der Waals surface area contributed by atoms with E-state index < -0.39 is 0 Å². The summed E-state index contributed by atoms with van der Waals surface area (Å²) in [5, 5.41) is 0. The smallest absolute Gasteiger partial charge is 0.0196 e. The van der Waals surface area contributed by atoms with Crippen LogP contribution in [0.25, 0.3) is 0 Å². The van der Waals surface area contributed by atoms with Crippen molar-refractivity contribution < 1.29 is 0 Å². The largest absolute Gasteiger partial charge is 0.326 e. The fourth-order valence-electron chi connectivity index (χ4n) is 2.63. The quantitative estimate of drug-likeness (QED) is 0.733. The fraction of sp³-hybridized carbons (Fsp3) is 1.00. The number of likely N-dealkylation sites (N-methyl/N-ethyl adjacent to an activating group) is 1. The molecule has 1 aliphatic carbocycles. The molecule has 0 saturated heterocycles. The van der Waals surface area contributed by atoms with Crippen LogP contribution in [-0.4, -0.2) is 31.1 Å². The standard InChI is InChI=1S/C13H28N2/c1-4-11(2)9-15(3)10-13(14)12-7-5-6-8-12/h11-13H,4-10,14H2,1-3H3. The van der Waals surface area contributed by atoms with Gasteiger partial charge in [-0.25, -0.2) is 0 Å². The lowest BCUT2D eigenvalue weighted by Gasteiger charge is -2.27. The summed E-state index contributed by atoms with van der Waals surface area (Å²) in [7, 11) is 2.21. The van der Waals surface area contributed by atoms with Crippen LogP contribution in [0, 0.1) is 11.8 Å². The molecule has 2 atom stereocenters. The van der Waals surface area contributed by atoms with Gasteiger partial charge in [-0.3, -0.25) is 0 Å². The normalized spacial score (nSPS) is 22.2. The van der Waals surface area contributed by atoms with Crippen LogP contribution in [0.5, 0.6) is 0 Å². The first-order chi connectivity index (χ1) is 7.13. The fourth-order valence-corrected chi connectivity index (χ4v) is 2.63. The van der Waals surface area contributed by atoms with Crippen LogP contribution >= 0.6 is 0 Å². The topological polar surface area (TPSA) is 29.3 Å². The first-order valence-electron chi connectivity index (χ1n) is 6.57. The molecule has 0 aromatic heterocycles. The van der Waals surface area contributed by atoms with Gasteiger partial charge in [0.05, 0.1) is 0 Å². The van der Waals surface area contributed by atoms with Crippen molar-refractivity contribution in [2.24, 2.45) is 17.6 Å². The van der Waals surface area contributed by atoms with Crippen molar-refractivity contribution in [3.8, 4) is 0 Å². The second kappa shape index (κ2) is 6.49. The van der Waals surface area contributed by atoms with E-state index in [-0.39, 0.29) is 0 Å². The van der Waals surface area contributed by atoms with Crippen molar-refractivity contribution >= 4 is 0 Å². The van der Waals surface area contributed by atoms with Gasteiger partial charge in [0, 0.05) is 19.1 Å². The molecular formula is C13H28N2. The minimum absolute atomic E-state index is 0.404. The average molecular weight is 212 g/mol. The highest BCUT2D eigenvalue weighted by atomic mass is 15.1. The second-order valence-electron chi connectivity index (χ2n) is 5.44. The van der Waals surface area contributed by atoms with E-state index >= 15 is 0 Å². The lowest BCUT2D eigenvalue weighted by molar-refractivity contribution is 0.240. The van der Waals surface area contributed by atoms with Gasteiger partial charge in [0.25, 0.3) is 0 Å². The highest BCUT2D eigenvalue weighted by molar-refractivity contribution is 4.80. The van der Waals surface area contributed by atoms with E-state index in [2.05, 4.69) is 25.8 Å². The summed E-state index contributed by atoms with van der Waals surface area (Å²) in [5.41, 5.74) is 6.26. The van der Waals surface area contributed by atoms with Crippen LogP contribution < -0.4 is 5.73 Å². The van der Waals surface area contributed by atoms with Crippen LogP contribution in [0.2, 0.25) is 0 Å². The monoisotopic (exact) mass is 212 g/mol. The summed E-state index contributed by atoms with van der Waals surface area (Å²) in [6, 6.07) is 0.404. The van der Waals surface area contributed by atoms with Crippen molar-refractivity contribution in [2.75, 3.05) is 20.1 Å². The third kappa shape index (κ3) is 4.52. The van der Waals surface area contributed by atoms with E-state index in [1.165, 1.54) is 38.6 Å². The van der Waals surface area contributed by atoms with Gasteiger partial charge in [-0.15, -0.1) is 0 Å². The lowest BCUT2D eigenvalue weighted by atomic mass is 9.98. The molecule has 0 aromatic carbocycles. The Bertz CT molecular complexity index is 164. The molecule has 1 fully saturated rings. The summed E-state index contributed by atoms with van der Waals surface area (Å²) in [6.07, 6.45) is 6.78. The molecule has 2 unspecified atom stereocenters. The van der Waals surface area contributed by atoms with Gasteiger partial charge in [-0.1, -0.05) is 33.1 Å². The molecule has 0 radical (unpaired) electrons. The average Bonchev–Trinajstić information content (AvgIpc) is 2.70. The van der Waals surface area contributed by atoms with Crippen molar-refractivity contribution in [3.05, 3.63) is 0 Å². The van der Waals surface area contributed by atoms with E-state index in [4.69, 9.17) is 5.73 Å². The minimum atomic E-state index is 0.404. The van der Waals surface area contributed by atoms with Crippen LogP contribution in [0.3, 0.4) is 0 Å². The van der Waals surface area contributed by atoms with Gasteiger partial charge in [0.1, 0.15) is 0 Å². The Morgan fingerprint density at radius 2 is 1.87 bits per heavy atom. The molecule has 0 spiro atoms. The van der Waals surface area contributed by atoms with Gasteiger partial charge in [0.2, 0.25) is 0 Å². The molecule has 2 heteroatoms. The van der Waals surface area contributed by atoms with Crippen LogP contribution in [-0.2, 0) is 0 Å². The molecule has 0 aromatic rings. The lowest BCUT2D eigenvalue weighted by Crippen LogP contribution is -2.41. The van der Waals surface area contributed by atoms with Gasteiger partial charge >= 0.3 is 0 Å². The van der Waals surface area contributed by atoms with Gasteiger partial charge < -0.3 is 10.6 Å². The van der Waals surface area contributed by atoms with E-state index in [1.54, 1.807) is 0 Å². The molecule has 1 rings (SSSR count). The van der Waals surface area contributed by atoms with Crippen molar-refractivity contribution in [2.45, 2.75) is 52.0 Å². The van der Waals surface area contributed by atoms with Crippen LogP contribution in [0.15, 0.2) is 0 Å². The molecule has 1 aliphatic rings. The molecule has 2 nitrogen and oxygen atoms in total. The van der Waals surface area contributed by atoms with Crippen molar-refractivity contribution in [3.63, 3.8) is 0 Å². The number of hydrogen-bond donors (Lipinski definition) is 1. The molecule has 0 bridgehead atoms. The number of nitrogens with zero attached hydrogens (tertiary/aromatic N) is 1. The summed E-state index contributed by atoms with van der Waals surface area (Å²) in [5.74, 6) is 1.59. The Morgan fingerprint density at radius 1 is 1.27 bits per heavy atom. The summed E-state index contributed by atoms with van der Waals surface area (Å²) >= 11 is 0. The Balaban J connectivity index is 2.20. The van der Waals surface area contributed by atoms with E-state index in [0.717, 1.165) is 18.4 Å². The zero-order valence-electron chi connectivity index (χ0n) is 10.7. The number of nitrogens with two attached hydrogens (primary N) is 1. The Labute approximate surface area is 95.2 Å². The van der Waals surface area contributed by atoms with E-state index in [1.807, 2.05) is 0 Å². The molecule has 0 aliphatic heterocycles. The zero-order valence-corrected chi connectivity index (χ0v) is 10.7. The van der Waals surface area contributed by atoms with Gasteiger partial charge in [-0.2, -0.15) is 0 Å². The Morgan fingerprint density at radius 3 is 2.40 bits per heavy atom. The number of hydrogen-bond acceptors (Lipinski definition) is 2. The maximum atomic E-state index is 6.26.